The van der Waals surface area contributed by atoms with E-state index in [-0.39, 0.29) is 5.75 Å². The molecular formula is C9H8Cl2F3NOS. The molecule has 1 aromatic heterocycles. The smallest absolute Gasteiger partial charge is 0.383 e. The summed E-state index contributed by atoms with van der Waals surface area (Å²) in [6, 6.07) is 1.46. The van der Waals surface area contributed by atoms with Gasteiger partial charge in [0.1, 0.15) is 0 Å². The Morgan fingerprint density at radius 2 is 2.06 bits per heavy atom. The average molecular weight is 306 g/mol. The second kappa shape index (κ2) is 6.13. The van der Waals surface area contributed by atoms with Crippen molar-refractivity contribution in [2.45, 2.75) is 18.0 Å². The van der Waals surface area contributed by atoms with Crippen molar-refractivity contribution in [2.75, 3.05) is 5.75 Å². The highest BCUT2D eigenvalue weighted by Gasteiger charge is 2.37. The molecule has 0 saturated carbocycles. The van der Waals surface area contributed by atoms with Crippen molar-refractivity contribution in [1.29, 1.82) is 0 Å². The van der Waals surface area contributed by atoms with E-state index in [9.17, 15) is 13.2 Å². The molecule has 0 fully saturated rings. The number of aliphatic hydroxyl groups is 1. The molecule has 0 spiro atoms. The zero-order chi connectivity index (χ0) is 13.1. The predicted molar refractivity (Wildman–Crippen MR) is 62.5 cm³/mol. The van der Waals surface area contributed by atoms with Crippen molar-refractivity contribution in [3.8, 4) is 0 Å². The van der Waals surface area contributed by atoms with E-state index in [0.29, 0.717) is 15.7 Å². The second-order valence-electron chi connectivity index (χ2n) is 3.15. The fraction of sp³-hybridized carbons (Fsp3) is 0.444. The van der Waals surface area contributed by atoms with Crippen LogP contribution in [0.3, 0.4) is 0 Å². The fourth-order valence-electron chi connectivity index (χ4n) is 0.911. The van der Waals surface area contributed by atoms with Gasteiger partial charge in [0.2, 0.25) is 0 Å². The van der Waals surface area contributed by atoms with Gasteiger partial charge in [0.05, 0.1) is 15.7 Å². The van der Waals surface area contributed by atoms with Crippen LogP contribution < -0.4 is 0 Å². The van der Waals surface area contributed by atoms with Crippen LogP contribution in [0.5, 0.6) is 0 Å². The van der Waals surface area contributed by atoms with Crippen LogP contribution in [0.15, 0.2) is 12.3 Å². The van der Waals surface area contributed by atoms with Crippen LogP contribution in [-0.2, 0) is 5.75 Å². The minimum atomic E-state index is -4.59. The molecule has 8 heteroatoms. The molecule has 17 heavy (non-hydrogen) atoms. The highest BCUT2D eigenvalue weighted by molar-refractivity contribution is 7.98. The van der Waals surface area contributed by atoms with Gasteiger partial charge in [0.15, 0.2) is 6.10 Å². The molecule has 1 atom stereocenters. The molecule has 2 nitrogen and oxygen atoms in total. The largest absolute Gasteiger partial charge is 0.415 e. The van der Waals surface area contributed by atoms with Gasteiger partial charge in [-0.25, -0.2) is 0 Å². The first-order valence-corrected chi connectivity index (χ1v) is 6.34. The Morgan fingerprint density at radius 3 is 2.59 bits per heavy atom. The predicted octanol–water partition coefficient (Wildman–Crippen LogP) is 3.54. The van der Waals surface area contributed by atoms with E-state index in [1.165, 1.54) is 12.3 Å². The Hall–Kier alpha value is -0.170. The minimum Gasteiger partial charge on any atom is -0.383 e. The third kappa shape index (κ3) is 4.91. The molecule has 96 valence electrons. The van der Waals surface area contributed by atoms with E-state index in [0.717, 1.165) is 11.8 Å². The summed E-state index contributed by atoms with van der Waals surface area (Å²) in [5.74, 6) is -0.271. The maximum atomic E-state index is 12.0. The molecule has 1 rings (SSSR count). The number of pyridine rings is 1. The summed E-state index contributed by atoms with van der Waals surface area (Å²) in [4.78, 5) is 3.89. The lowest BCUT2D eigenvalue weighted by molar-refractivity contribution is -0.195. The standard InChI is InChI=1S/C9H8Cl2F3NOS/c10-5-1-6(11)7(15-2-5)3-17-4-8(16)9(12,13)14/h1-2,8,16H,3-4H2. The van der Waals surface area contributed by atoms with Gasteiger partial charge >= 0.3 is 6.18 Å². The molecule has 0 aliphatic rings. The minimum absolute atomic E-state index is 0.184. The van der Waals surface area contributed by atoms with Crippen LogP contribution in [0.4, 0.5) is 13.2 Å². The number of aromatic nitrogens is 1. The van der Waals surface area contributed by atoms with Crippen molar-refractivity contribution >= 4 is 35.0 Å². The first kappa shape index (κ1) is 14.9. The van der Waals surface area contributed by atoms with Crippen LogP contribution in [0.1, 0.15) is 5.69 Å². The van der Waals surface area contributed by atoms with Crippen LogP contribution in [0, 0.1) is 0 Å². The Labute approximate surface area is 110 Å². The van der Waals surface area contributed by atoms with Gasteiger partial charge < -0.3 is 5.11 Å². The van der Waals surface area contributed by atoms with Crippen LogP contribution in [0.2, 0.25) is 10.0 Å². The van der Waals surface area contributed by atoms with Gasteiger partial charge in [-0.1, -0.05) is 23.2 Å². The van der Waals surface area contributed by atoms with Gasteiger partial charge in [-0.15, -0.1) is 0 Å². The number of halogens is 5. The Bertz CT molecular complexity index is 389. The van der Waals surface area contributed by atoms with Gasteiger partial charge in [-0.3, -0.25) is 4.98 Å². The number of rotatable bonds is 4. The van der Waals surface area contributed by atoms with Crippen LogP contribution in [0.25, 0.3) is 0 Å². The van der Waals surface area contributed by atoms with Gasteiger partial charge in [-0.2, -0.15) is 24.9 Å². The molecule has 1 heterocycles. The van der Waals surface area contributed by atoms with Crippen molar-refractivity contribution in [3.05, 3.63) is 28.0 Å². The molecule has 0 saturated heterocycles. The fourth-order valence-corrected chi connectivity index (χ4v) is 2.39. The maximum Gasteiger partial charge on any atom is 0.415 e. The van der Waals surface area contributed by atoms with Crippen molar-refractivity contribution in [2.24, 2.45) is 0 Å². The molecular weight excluding hydrogens is 298 g/mol. The summed E-state index contributed by atoms with van der Waals surface area (Å²) in [7, 11) is 0. The van der Waals surface area contributed by atoms with Gasteiger partial charge in [0.25, 0.3) is 0 Å². The summed E-state index contributed by atoms with van der Waals surface area (Å²) in [6.07, 6.45) is -5.56. The number of alkyl halides is 3. The van der Waals surface area contributed by atoms with E-state index in [2.05, 4.69) is 4.98 Å². The highest BCUT2D eigenvalue weighted by atomic mass is 35.5. The highest BCUT2D eigenvalue weighted by Crippen LogP contribution is 2.26. The molecule has 0 aromatic carbocycles. The van der Waals surface area contributed by atoms with Gasteiger partial charge in [0, 0.05) is 17.7 Å². The quantitative estimate of drug-likeness (QED) is 0.923. The lowest BCUT2D eigenvalue weighted by Crippen LogP contribution is -2.30. The van der Waals surface area contributed by atoms with E-state index in [1.54, 1.807) is 0 Å². The first-order valence-electron chi connectivity index (χ1n) is 4.43. The number of hydrogen-bond acceptors (Lipinski definition) is 3. The Kier molecular flexibility index (Phi) is 5.37. The molecule has 0 aliphatic heterocycles. The number of aliphatic hydroxyl groups excluding tert-OH is 1. The maximum absolute atomic E-state index is 12.0. The summed E-state index contributed by atoms with van der Waals surface area (Å²) in [5.41, 5.74) is 0.440. The first-order chi connectivity index (χ1) is 7.80. The van der Waals surface area contributed by atoms with Crippen molar-refractivity contribution < 1.29 is 18.3 Å². The normalized spacial score (nSPS) is 13.8. The average Bonchev–Trinajstić information content (AvgIpc) is 2.19. The number of hydrogen-bond donors (Lipinski definition) is 1. The second-order valence-corrected chi connectivity index (χ2v) is 5.03. The van der Waals surface area contributed by atoms with E-state index in [4.69, 9.17) is 28.3 Å². The van der Waals surface area contributed by atoms with Crippen LogP contribution >= 0.6 is 35.0 Å². The molecule has 0 amide bonds. The summed E-state index contributed by atoms with van der Waals surface area (Å²) in [5, 5.41) is 9.41. The van der Waals surface area contributed by atoms with E-state index in [1.807, 2.05) is 0 Å². The van der Waals surface area contributed by atoms with Crippen molar-refractivity contribution in [1.82, 2.24) is 4.98 Å². The number of nitrogens with zero attached hydrogens (tertiary/aromatic N) is 1. The zero-order valence-electron chi connectivity index (χ0n) is 8.34. The van der Waals surface area contributed by atoms with E-state index < -0.39 is 18.0 Å². The molecule has 0 radical (unpaired) electrons. The van der Waals surface area contributed by atoms with Crippen molar-refractivity contribution in [3.63, 3.8) is 0 Å². The SMILES string of the molecule is OC(CSCc1ncc(Cl)cc1Cl)C(F)(F)F. The molecule has 1 aromatic rings. The lowest BCUT2D eigenvalue weighted by Gasteiger charge is -2.13. The zero-order valence-corrected chi connectivity index (χ0v) is 10.7. The Morgan fingerprint density at radius 1 is 1.41 bits per heavy atom. The topological polar surface area (TPSA) is 33.1 Å². The number of thioether (sulfide) groups is 1. The summed E-state index contributed by atoms with van der Waals surface area (Å²) >= 11 is 12.3. The van der Waals surface area contributed by atoms with Crippen LogP contribution in [-0.4, -0.2) is 28.1 Å². The van der Waals surface area contributed by atoms with Gasteiger partial charge in [-0.05, 0) is 6.07 Å². The van der Waals surface area contributed by atoms with E-state index >= 15 is 0 Å². The molecule has 0 aliphatic carbocycles. The monoisotopic (exact) mass is 305 g/mol. The molecule has 0 bridgehead atoms. The molecule has 1 unspecified atom stereocenters. The lowest BCUT2D eigenvalue weighted by atomic mass is 10.4. The summed E-state index contributed by atoms with van der Waals surface area (Å²) < 4.78 is 36.0. The molecule has 1 N–H and O–H groups in total. The summed E-state index contributed by atoms with van der Waals surface area (Å²) in [6.45, 7) is 0. The Balaban J connectivity index is 2.46. The third-order valence-electron chi connectivity index (χ3n) is 1.78. The third-order valence-corrected chi connectivity index (χ3v) is 3.34.